The predicted octanol–water partition coefficient (Wildman–Crippen LogP) is 4.81. The van der Waals surface area contributed by atoms with Crippen LogP contribution in [0.3, 0.4) is 0 Å². The molecule has 17 heteroatoms. The monoisotopic (exact) mass is 725 g/mol. The van der Waals surface area contributed by atoms with Crippen LogP contribution in [0.15, 0.2) is 49.6 Å². The number of H-pyrrole nitrogens is 2. The molecule has 51 heavy (non-hydrogen) atoms. The molecule has 8 aliphatic rings. The Labute approximate surface area is 294 Å². The van der Waals surface area contributed by atoms with Crippen molar-refractivity contribution < 1.29 is 22.4 Å². The molecular weight excluding hydrogens is 690 g/mol. The van der Waals surface area contributed by atoms with Crippen molar-refractivity contribution in [3.8, 4) is 0 Å². The maximum atomic E-state index is 13.0. The molecule has 4 bridgehead atoms. The summed E-state index contributed by atoms with van der Waals surface area (Å²) in [6, 6.07) is 4.09. The van der Waals surface area contributed by atoms with Crippen LogP contribution >= 0.6 is 12.4 Å². The van der Waals surface area contributed by atoms with Crippen LogP contribution in [0.25, 0.3) is 44.1 Å². The number of carbonyl (C=O) groups is 1. The number of imidazole rings is 2. The van der Waals surface area contributed by atoms with Crippen molar-refractivity contribution in [2.75, 3.05) is 26.2 Å². The van der Waals surface area contributed by atoms with Gasteiger partial charge in [0, 0.05) is 40.7 Å². The minimum Gasteiger partial charge on any atom is -0.346 e. The van der Waals surface area contributed by atoms with E-state index in [-0.39, 0.29) is 53.4 Å². The second-order valence-corrected chi connectivity index (χ2v) is 15.8. The Bertz CT molecular complexity index is 2310. The third kappa shape index (κ3) is 4.82. The first kappa shape index (κ1) is 32.6. The van der Waals surface area contributed by atoms with Crippen molar-refractivity contribution in [1.82, 2.24) is 49.3 Å². The first-order chi connectivity index (χ1) is 23.8. The molecule has 0 atom stereocenters. The number of aromatic amines is 2. The average molecular weight is 726 g/mol. The lowest BCUT2D eigenvalue weighted by atomic mass is 9.38. The Hall–Kier alpha value is -4.28. The number of pyridine rings is 2. The van der Waals surface area contributed by atoms with Gasteiger partial charge in [-0.2, -0.15) is 0 Å². The number of likely N-dealkylation sites (tertiary alicyclic amines) is 1. The summed E-state index contributed by atoms with van der Waals surface area (Å²) in [5.41, 5.74) is 12.4. The highest BCUT2D eigenvalue weighted by Crippen LogP contribution is 2.73. The van der Waals surface area contributed by atoms with Crippen LogP contribution in [-0.4, -0.2) is 93.4 Å². The largest absolute Gasteiger partial charge is 0.346 e. The fourth-order valence-electron chi connectivity index (χ4n) is 9.62. The van der Waals surface area contributed by atoms with Crippen LogP contribution in [0, 0.1) is 5.41 Å². The van der Waals surface area contributed by atoms with Crippen molar-refractivity contribution in [2.24, 2.45) is 11.1 Å². The highest BCUT2D eigenvalue weighted by Gasteiger charge is 2.70. The third-order valence-corrected chi connectivity index (χ3v) is 11.9. The topological polar surface area (TPSA) is 151 Å². The number of nitrogens with one attached hydrogen (secondary N) is 3. The second kappa shape index (κ2) is 10.4. The van der Waals surface area contributed by atoms with E-state index >= 15 is 0 Å². The average Bonchev–Trinajstić information content (AvgIpc) is 3.79. The van der Waals surface area contributed by atoms with Crippen molar-refractivity contribution in [1.29, 1.82) is 0 Å². The van der Waals surface area contributed by atoms with Gasteiger partial charge in [0.25, 0.3) is 11.8 Å². The van der Waals surface area contributed by atoms with Gasteiger partial charge in [0.15, 0.2) is 0 Å². The molecule has 6 saturated carbocycles. The quantitative estimate of drug-likeness (QED) is 0.191. The Kier molecular flexibility index (Phi) is 6.66. The molecule has 2 aliphatic heterocycles. The van der Waals surface area contributed by atoms with Crippen molar-refractivity contribution in [3.63, 3.8) is 0 Å². The first-order valence-corrected chi connectivity index (χ1v) is 16.9. The number of halogens is 5. The minimum absolute atomic E-state index is 0. The number of rotatable bonds is 4. The fourth-order valence-corrected chi connectivity index (χ4v) is 9.62. The molecule has 0 spiro atoms. The number of hydrogen-bond donors (Lipinski definition) is 4. The zero-order valence-corrected chi connectivity index (χ0v) is 28.2. The summed E-state index contributed by atoms with van der Waals surface area (Å²) < 4.78 is 53.5. The van der Waals surface area contributed by atoms with Gasteiger partial charge in [0.2, 0.25) is 5.91 Å². The molecule has 268 valence electrons. The maximum absolute atomic E-state index is 13.0. The third-order valence-electron chi connectivity index (χ3n) is 11.9. The van der Waals surface area contributed by atoms with Crippen LogP contribution in [0.2, 0.25) is 0 Å². The van der Waals surface area contributed by atoms with Gasteiger partial charge in [-0.1, -0.05) is 0 Å². The van der Waals surface area contributed by atoms with E-state index in [2.05, 4.69) is 50.4 Å². The lowest BCUT2D eigenvalue weighted by Gasteiger charge is -2.71. The van der Waals surface area contributed by atoms with Crippen LogP contribution in [0.4, 0.5) is 17.6 Å². The van der Waals surface area contributed by atoms with Crippen LogP contribution in [0.5, 0.6) is 0 Å². The second-order valence-electron chi connectivity index (χ2n) is 15.8. The zero-order chi connectivity index (χ0) is 34.3. The van der Waals surface area contributed by atoms with Gasteiger partial charge in [0.05, 0.1) is 67.8 Å². The number of amides is 1. The molecule has 6 aromatic rings. The highest BCUT2D eigenvalue weighted by atomic mass is 35.5. The van der Waals surface area contributed by atoms with Gasteiger partial charge in [0.1, 0.15) is 22.3 Å². The molecule has 1 amide bonds. The van der Waals surface area contributed by atoms with Crippen LogP contribution < -0.4 is 11.1 Å². The first-order valence-electron chi connectivity index (χ1n) is 16.9. The molecule has 5 N–H and O–H groups in total. The molecule has 0 unspecified atom stereocenters. The SMILES string of the molecule is Cl.FC1(F)CNC1.NC12CC(n3cnc4cnc5[nH]ccc5c43)(C1)C2.O=C(CC12CC(n3cnc4cnc5[nH]ccc5c43)(C1)C2)N1CC(F)(F)C1. The van der Waals surface area contributed by atoms with E-state index in [9.17, 15) is 22.4 Å². The molecule has 8 heterocycles. The standard InChI is InChI=1S/C18H17F2N5O.C13H13N5.C3H5F2N.ClH/c19-18(20)8-24(9-18)13(26)3-16-5-17(6-16,7-16)25-10-23-12-4-22-15-11(14(12)25)1-2-21-15;14-12-4-13(5-12,6-12)18-7-17-9-3-16-11-8(10(9)18)1-2-15-11;4-3(5)1-6-2-3;/h1-2,4,10H,3,5-9H2,(H,21,22);1-3,7H,4-6,14H2,(H,15,16);6H,1-2H2;1H. The van der Waals surface area contributed by atoms with E-state index in [1.54, 1.807) is 6.20 Å². The van der Waals surface area contributed by atoms with E-state index in [4.69, 9.17) is 5.73 Å². The Morgan fingerprint density at radius 2 is 1.22 bits per heavy atom. The van der Waals surface area contributed by atoms with E-state index in [0.717, 1.165) is 77.1 Å². The maximum Gasteiger partial charge on any atom is 0.282 e. The number of aromatic nitrogens is 8. The summed E-state index contributed by atoms with van der Waals surface area (Å²) >= 11 is 0. The van der Waals surface area contributed by atoms with Gasteiger partial charge >= 0.3 is 0 Å². The van der Waals surface area contributed by atoms with Gasteiger partial charge in [-0.15, -0.1) is 12.4 Å². The van der Waals surface area contributed by atoms with Crippen molar-refractivity contribution in [2.45, 2.75) is 73.4 Å². The predicted molar refractivity (Wildman–Crippen MR) is 183 cm³/mol. The van der Waals surface area contributed by atoms with E-state index in [1.165, 1.54) is 10.4 Å². The smallest absolute Gasteiger partial charge is 0.282 e. The van der Waals surface area contributed by atoms with Crippen LogP contribution in [0.1, 0.15) is 44.9 Å². The lowest BCUT2D eigenvalue weighted by Crippen LogP contribution is -2.76. The molecule has 0 radical (unpaired) electrons. The summed E-state index contributed by atoms with van der Waals surface area (Å²) in [6.45, 7) is -1.10. The molecule has 2 saturated heterocycles. The highest BCUT2D eigenvalue weighted by molar-refractivity contribution is 6.02. The summed E-state index contributed by atoms with van der Waals surface area (Å²) in [4.78, 5) is 37.6. The summed E-state index contributed by atoms with van der Waals surface area (Å²) in [7, 11) is 0. The number of carbonyl (C=O) groups excluding carboxylic acids is 1. The van der Waals surface area contributed by atoms with E-state index in [1.807, 2.05) is 37.3 Å². The number of nitrogens with two attached hydrogens (primary N) is 1. The summed E-state index contributed by atoms with van der Waals surface area (Å²) in [5, 5.41) is 4.66. The Balaban J connectivity index is 0.000000120. The summed E-state index contributed by atoms with van der Waals surface area (Å²) in [5.74, 6) is -5.21. The zero-order valence-electron chi connectivity index (χ0n) is 27.4. The molecule has 6 aromatic heterocycles. The van der Waals surface area contributed by atoms with Crippen molar-refractivity contribution >= 4 is 62.4 Å². The molecule has 6 aliphatic carbocycles. The van der Waals surface area contributed by atoms with Gasteiger partial charge in [-0.05, 0) is 56.1 Å². The minimum atomic E-state index is -2.69. The Morgan fingerprint density at radius 1 is 0.745 bits per heavy atom. The van der Waals surface area contributed by atoms with Gasteiger partial charge < -0.3 is 35.1 Å². The van der Waals surface area contributed by atoms with Crippen LogP contribution in [-0.2, 0) is 15.9 Å². The molecule has 0 aromatic carbocycles. The molecule has 8 fully saturated rings. The van der Waals surface area contributed by atoms with Gasteiger partial charge in [-0.3, -0.25) is 4.79 Å². The van der Waals surface area contributed by atoms with E-state index < -0.39 is 24.9 Å². The lowest BCUT2D eigenvalue weighted by molar-refractivity contribution is -0.204. The number of hydrogen-bond acceptors (Lipinski definition) is 7. The molecular formula is C34H36ClF4N11O. The summed E-state index contributed by atoms with van der Waals surface area (Å²) in [6.07, 6.45) is 17.6. The normalized spacial score (nSPS) is 31.4. The Morgan fingerprint density at radius 3 is 1.63 bits per heavy atom. The number of nitrogens with zero attached hydrogens (tertiary/aromatic N) is 7. The molecule has 12 nitrogen and oxygen atoms in total. The number of fused-ring (bicyclic) bond motifs is 6. The van der Waals surface area contributed by atoms with E-state index in [0.29, 0.717) is 6.42 Å². The fraction of sp³-hybridized carbons (Fsp3) is 0.500. The molecule has 14 rings (SSSR count). The number of alkyl halides is 4. The van der Waals surface area contributed by atoms with Crippen molar-refractivity contribution in [3.05, 3.63) is 49.6 Å². The van der Waals surface area contributed by atoms with Gasteiger partial charge in [-0.25, -0.2) is 37.5 Å².